The number of rotatable bonds is 5. The molecular weight excluding hydrogens is 278 g/mol. The maximum atomic E-state index is 6.13. The fourth-order valence-electron chi connectivity index (χ4n) is 2.21. The van der Waals surface area contributed by atoms with E-state index in [1.807, 2.05) is 37.4 Å². The van der Waals surface area contributed by atoms with Gasteiger partial charge >= 0.3 is 0 Å². The Morgan fingerprint density at radius 3 is 2.68 bits per heavy atom. The molecule has 2 N–H and O–H groups in total. The molecule has 2 unspecified atom stereocenters. The van der Waals surface area contributed by atoms with Crippen molar-refractivity contribution in [1.29, 1.82) is 0 Å². The minimum atomic E-state index is 0.0310. The van der Waals surface area contributed by atoms with Crippen LogP contribution < -0.4 is 5.73 Å². The molecule has 2 atom stereocenters. The Hall–Kier alpha value is -0.940. The highest BCUT2D eigenvalue weighted by Gasteiger charge is 2.23. The summed E-state index contributed by atoms with van der Waals surface area (Å²) in [5, 5.41) is 0. The molecule has 2 aromatic heterocycles. The van der Waals surface area contributed by atoms with E-state index < -0.39 is 0 Å². The van der Waals surface area contributed by atoms with Crippen LogP contribution in [0.4, 0.5) is 0 Å². The van der Waals surface area contributed by atoms with Gasteiger partial charge in [-0.15, -0.1) is 11.3 Å². The average molecular weight is 296 g/mol. The summed E-state index contributed by atoms with van der Waals surface area (Å²) in [5.41, 5.74) is 7.17. The van der Waals surface area contributed by atoms with Gasteiger partial charge in [-0.25, -0.2) is 0 Å². The molecule has 0 aliphatic rings. The van der Waals surface area contributed by atoms with Crippen molar-refractivity contribution < 1.29 is 0 Å². The molecule has 5 heteroatoms. The molecule has 102 valence electrons. The van der Waals surface area contributed by atoms with Gasteiger partial charge in [-0.1, -0.05) is 17.7 Å². The molecule has 2 aromatic rings. The van der Waals surface area contributed by atoms with Crippen LogP contribution in [0.2, 0.25) is 4.34 Å². The number of nitrogens with two attached hydrogens (primary N) is 1. The zero-order valence-corrected chi connectivity index (χ0v) is 12.7. The Morgan fingerprint density at radius 2 is 2.16 bits per heavy atom. The van der Waals surface area contributed by atoms with Crippen LogP contribution in [-0.2, 0) is 6.54 Å². The molecule has 0 saturated heterocycles. The van der Waals surface area contributed by atoms with Crippen LogP contribution in [0.3, 0.4) is 0 Å². The monoisotopic (exact) mass is 295 g/mol. The topological polar surface area (TPSA) is 42.1 Å². The lowest BCUT2D eigenvalue weighted by Crippen LogP contribution is -2.36. The number of pyridine rings is 1. The summed E-state index contributed by atoms with van der Waals surface area (Å²) < 4.78 is 0.798. The maximum absolute atomic E-state index is 6.13. The Morgan fingerprint density at radius 1 is 1.37 bits per heavy atom. The van der Waals surface area contributed by atoms with Crippen LogP contribution in [0.15, 0.2) is 36.5 Å². The predicted molar refractivity (Wildman–Crippen MR) is 81.4 cm³/mol. The van der Waals surface area contributed by atoms with Gasteiger partial charge in [0.05, 0.1) is 16.1 Å². The molecule has 0 spiro atoms. The lowest BCUT2D eigenvalue weighted by Gasteiger charge is -2.30. The van der Waals surface area contributed by atoms with E-state index in [2.05, 4.69) is 23.0 Å². The standard InChI is InChI=1S/C14H18ClN3S/c1-10(16)14(12-6-7-13(15)19-12)18(2)9-11-5-3-4-8-17-11/h3-8,10,14H,9,16H2,1-2H3. The first-order chi connectivity index (χ1) is 9.08. The third kappa shape index (κ3) is 3.76. The van der Waals surface area contributed by atoms with E-state index in [4.69, 9.17) is 17.3 Å². The predicted octanol–water partition coefficient (Wildman–Crippen LogP) is 3.32. The Bertz CT molecular complexity index is 512. The number of hydrogen-bond donors (Lipinski definition) is 1. The first-order valence-corrected chi connectivity index (χ1v) is 7.38. The number of likely N-dealkylation sites (N-methyl/N-ethyl adjacent to an activating group) is 1. The van der Waals surface area contributed by atoms with Crippen molar-refractivity contribution in [1.82, 2.24) is 9.88 Å². The molecule has 2 heterocycles. The fourth-order valence-corrected chi connectivity index (χ4v) is 3.55. The van der Waals surface area contributed by atoms with Gasteiger partial charge in [-0.3, -0.25) is 9.88 Å². The second-order valence-corrected chi connectivity index (χ2v) is 6.43. The summed E-state index contributed by atoms with van der Waals surface area (Å²) in [7, 11) is 2.07. The Labute approximate surface area is 123 Å². The van der Waals surface area contributed by atoms with Crippen LogP contribution in [0.25, 0.3) is 0 Å². The number of aromatic nitrogens is 1. The smallest absolute Gasteiger partial charge is 0.0931 e. The van der Waals surface area contributed by atoms with Gasteiger partial charge in [0, 0.05) is 23.7 Å². The number of thiophene rings is 1. The van der Waals surface area contributed by atoms with Crippen molar-refractivity contribution in [2.45, 2.75) is 25.6 Å². The molecule has 0 bridgehead atoms. The van der Waals surface area contributed by atoms with Gasteiger partial charge in [0.1, 0.15) is 0 Å². The first-order valence-electron chi connectivity index (χ1n) is 6.19. The second kappa shape index (κ2) is 6.48. The minimum Gasteiger partial charge on any atom is -0.326 e. The van der Waals surface area contributed by atoms with Crippen molar-refractivity contribution in [3.8, 4) is 0 Å². The molecule has 3 nitrogen and oxygen atoms in total. The summed E-state index contributed by atoms with van der Waals surface area (Å²) >= 11 is 7.61. The molecule has 2 rings (SSSR count). The molecular formula is C14H18ClN3S. The van der Waals surface area contributed by atoms with E-state index in [1.165, 1.54) is 4.88 Å². The summed E-state index contributed by atoms with van der Waals surface area (Å²) in [6.07, 6.45) is 1.81. The molecule has 0 radical (unpaired) electrons. The summed E-state index contributed by atoms with van der Waals surface area (Å²) in [5.74, 6) is 0. The quantitative estimate of drug-likeness (QED) is 0.920. The van der Waals surface area contributed by atoms with Gasteiger partial charge < -0.3 is 5.73 Å². The first kappa shape index (κ1) is 14.5. The summed E-state index contributed by atoms with van der Waals surface area (Å²) in [6, 6.07) is 10.1. The number of nitrogens with zero attached hydrogens (tertiary/aromatic N) is 2. The van der Waals surface area contributed by atoms with Gasteiger partial charge in [0.15, 0.2) is 0 Å². The van der Waals surface area contributed by atoms with Crippen LogP contribution in [0.1, 0.15) is 23.5 Å². The third-order valence-corrected chi connectivity index (χ3v) is 4.30. The molecule has 0 amide bonds. The Kier molecular flexibility index (Phi) is 4.93. The van der Waals surface area contributed by atoms with Crippen molar-refractivity contribution in [3.63, 3.8) is 0 Å². The van der Waals surface area contributed by atoms with Gasteiger partial charge in [-0.2, -0.15) is 0 Å². The molecule has 19 heavy (non-hydrogen) atoms. The van der Waals surface area contributed by atoms with Crippen molar-refractivity contribution in [2.24, 2.45) is 5.73 Å². The fraction of sp³-hybridized carbons (Fsp3) is 0.357. The van der Waals surface area contributed by atoms with E-state index in [0.717, 1.165) is 16.6 Å². The van der Waals surface area contributed by atoms with Crippen LogP contribution in [0, 0.1) is 0 Å². The van der Waals surface area contributed by atoms with E-state index >= 15 is 0 Å². The van der Waals surface area contributed by atoms with E-state index in [-0.39, 0.29) is 12.1 Å². The van der Waals surface area contributed by atoms with Crippen LogP contribution in [0.5, 0.6) is 0 Å². The van der Waals surface area contributed by atoms with Crippen molar-refractivity contribution in [2.75, 3.05) is 7.05 Å². The maximum Gasteiger partial charge on any atom is 0.0931 e. The molecule has 0 aliphatic carbocycles. The normalized spacial score (nSPS) is 14.6. The number of halogens is 1. The largest absolute Gasteiger partial charge is 0.326 e. The highest BCUT2D eigenvalue weighted by atomic mass is 35.5. The minimum absolute atomic E-state index is 0.0310. The van der Waals surface area contributed by atoms with Gasteiger partial charge in [-0.05, 0) is 38.2 Å². The van der Waals surface area contributed by atoms with E-state index in [0.29, 0.717) is 0 Å². The van der Waals surface area contributed by atoms with Gasteiger partial charge in [0.25, 0.3) is 0 Å². The van der Waals surface area contributed by atoms with Crippen molar-refractivity contribution in [3.05, 3.63) is 51.4 Å². The lowest BCUT2D eigenvalue weighted by molar-refractivity contribution is 0.212. The second-order valence-electron chi connectivity index (χ2n) is 4.68. The zero-order valence-electron chi connectivity index (χ0n) is 11.1. The third-order valence-electron chi connectivity index (χ3n) is 3.00. The van der Waals surface area contributed by atoms with E-state index in [9.17, 15) is 0 Å². The SMILES string of the molecule is CC(N)C(c1ccc(Cl)s1)N(C)Cc1ccccn1. The molecule has 0 saturated carbocycles. The highest BCUT2D eigenvalue weighted by molar-refractivity contribution is 7.16. The molecule has 0 aliphatic heterocycles. The summed E-state index contributed by atoms with van der Waals surface area (Å²) in [4.78, 5) is 7.76. The van der Waals surface area contributed by atoms with Crippen molar-refractivity contribution >= 4 is 22.9 Å². The van der Waals surface area contributed by atoms with Crippen LogP contribution in [-0.4, -0.2) is 23.0 Å². The average Bonchev–Trinajstić information content (AvgIpc) is 2.76. The van der Waals surface area contributed by atoms with Crippen LogP contribution >= 0.6 is 22.9 Å². The summed E-state index contributed by atoms with van der Waals surface area (Å²) in [6.45, 7) is 2.79. The van der Waals surface area contributed by atoms with Gasteiger partial charge in [0.2, 0.25) is 0 Å². The number of hydrogen-bond acceptors (Lipinski definition) is 4. The zero-order chi connectivity index (χ0) is 13.8. The van der Waals surface area contributed by atoms with E-state index in [1.54, 1.807) is 11.3 Å². The lowest BCUT2D eigenvalue weighted by atomic mass is 10.1. The Balaban J connectivity index is 2.15. The molecule has 0 aromatic carbocycles. The molecule has 0 fully saturated rings. The highest BCUT2D eigenvalue weighted by Crippen LogP contribution is 2.32.